The number of nitrogens with zero attached hydrogens (tertiary/aromatic N) is 3. The number of aryl methyl sites for hydroxylation is 1. The van der Waals surface area contributed by atoms with Crippen molar-refractivity contribution in [2.75, 3.05) is 18.0 Å². The van der Waals surface area contributed by atoms with Crippen molar-refractivity contribution in [2.45, 2.75) is 38.8 Å². The number of anilines is 1. The van der Waals surface area contributed by atoms with E-state index in [0.29, 0.717) is 0 Å². The molecule has 0 bridgehead atoms. The summed E-state index contributed by atoms with van der Waals surface area (Å²) in [5.41, 5.74) is 3.79. The number of aromatic nitrogens is 1. The zero-order valence-corrected chi connectivity index (χ0v) is 17.8. The molecule has 0 unspecified atom stereocenters. The fraction of sp³-hybridized carbons (Fsp3) is 0.308. The highest BCUT2D eigenvalue weighted by Crippen LogP contribution is 2.41. The Morgan fingerprint density at radius 1 is 0.933 bits per heavy atom. The van der Waals surface area contributed by atoms with Crippen molar-refractivity contribution in [3.63, 3.8) is 0 Å². The second kappa shape index (κ2) is 8.80. The second-order valence-corrected chi connectivity index (χ2v) is 8.15. The number of para-hydroxylation sites is 1. The van der Waals surface area contributed by atoms with E-state index in [1.807, 2.05) is 48.2 Å². The average Bonchev–Trinajstić information content (AvgIpc) is 2.76. The molecule has 0 radical (unpaired) electrons. The van der Waals surface area contributed by atoms with Crippen molar-refractivity contribution in [3.05, 3.63) is 95.8 Å². The minimum atomic E-state index is -0.438. The van der Waals surface area contributed by atoms with Gasteiger partial charge in [0.1, 0.15) is 0 Å². The number of piperidine rings is 1. The van der Waals surface area contributed by atoms with Crippen molar-refractivity contribution in [1.82, 2.24) is 9.88 Å². The maximum absolute atomic E-state index is 13.0. The summed E-state index contributed by atoms with van der Waals surface area (Å²) in [6, 6.07) is 26.8. The molecule has 3 aromatic rings. The molecule has 1 aliphatic rings. The molecule has 0 aliphatic carbocycles. The minimum absolute atomic E-state index is 0.0565. The molecule has 30 heavy (non-hydrogen) atoms. The molecule has 0 saturated carbocycles. The van der Waals surface area contributed by atoms with Crippen LogP contribution in [0.5, 0.6) is 0 Å². The van der Waals surface area contributed by atoms with Crippen LogP contribution in [0, 0.1) is 6.92 Å². The summed E-state index contributed by atoms with van der Waals surface area (Å²) in [5.74, 6) is 0.0565. The summed E-state index contributed by atoms with van der Waals surface area (Å²) < 4.78 is 0. The van der Waals surface area contributed by atoms with Gasteiger partial charge in [0.2, 0.25) is 5.91 Å². The van der Waals surface area contributed by atoms with Crippen molar-refractivity contribution >= 4 is 11.6 Å². The van der Waals surface area contributed by atoms with Crippen LogP contribution >= 0.6 is 0 Å². The molecule has 1 saturated heterocycles. The first-order valence-corrected chi connectivity index (χ1v) is 10.6. The quantitative estimate of drug-likeness (QED) is 0.610. The van der Waals surface area contributed by atoms with Gasteiger partial charge in [-0.15, -0.1) is 0 Å². The van der Waals surface area contributed by atoms with E-state index in [9.17, 15) is 4.79 Å². The Labute approximate surface area is 179 Å². The van der Waals surface area contributed by atoms with Gasteiger partial charge in [0.25, 0.3) is 0 Å². The Morgan fingerprint density at radius 3 is 2.17 bits per heavy atom. The first kappa shape index (κ1) is 20.3. The number of hydrogen-bond donors (Lipinski definition) is 0. The van der Waals surface area contributed by atoms with Gasteiger partial charge in [0.05, 0.1) is 11.2 Å². The van der Waals surface area contributed by atoms with Gasteiger partial charge >= 0.3 is 0 Å². The number of carbonyl (C=O) groups is 1. The third kappa shape index (κ3) is 4.14. The molecule has 4 nitrogen and oxygen atoms in total. The normalized spacial score (nSPS) is 16.2. The van der Waals surface area contributed by atoms with Crippen LogP contribution in [0.2, 0.25) is 0 Å². The standard InChI is InChI=1S/C26H29N3O/c1-21-10-9-15-25(27-21)26(29(22(2)30)24-13-7-4-8-14-24)16-18-28(19-17-26)20-23-11-5-3-6-12-23/h3-15H,16-20H2,1-2H3. The number of hydrogen-bond acceptors (Lipinski definition) is 3. The fourth-order valence-corrected chi connectivity index (χ4v) is 4.63. The minimum Gasteiger partial charge on any atom is -0.301 e. The van der Waals surface area contributed by atoms with E-state index in [1.54, 1.807) is 6.92 Å². The molecule has 0 N–H and O–H groups in total. The van der Waals surface area contributed by atoms with Crippen LogP contribution in [0.3, 0.4) is 0 Å². The second-order valence-electron chi connectivity index (χ2n) is 8.15. The van der Waals surface area contributed by atoms with E-state index in [4.69, 9.17) is 4.98 Å². The van der Waals surface area contributed by atoms with E-state index in [1.165, 1.54) is 5.56 Å². The predicted molar refractivity (Wildman–Crippen MR) is 121 cm³/mol. The monoisotopic (exact) mass is 399 g/mol. The Morgan fingerprint density at radius 2 is 1.57 bits per heavy atom. The third-order valence-corrected chi connectivity index (χ3v) is 6.05. The van der Waals surface area contributed by atoms with Gasteiger partial charge in [0, 0.05) is 37.9 Å². The van der Waals surface area contributed by atoms with Crippen LogP contribution in [0.1, 0.15) is 36.7 Å². The van der Waals surface area contributed by atoms with Gasteiger partial charge in [-0.25, -0.2) is 0 Å². The Hall–Kier alpha value is -2.98. The fourth-order valence-electron chi connectivity index (χ4n) is 4.63. The number of amides is 1. The number of rotatable bonds is 5. The van der Waals surface area contributed by atoms with Gasteiger partial charge in [-0.2, -0.15) is 0 Å². The number of pyridine rings is 1. The highest BCUT2D eigenvalue weighted by atomic mass is 16.2. The summed E-state index contributed by atoms with van der Waals surface area (Å²) in [6.45, 7) is 6.45. The SMILES string of the molecule is CC(=O)N(c1ccccc1)C1(c2cccc(C)n2)CCN(Cc2ccccc2)CC1. The maximum Gasteiger partial charge on any atom is 0.224 e. The van der Waals surface area contributed by atoms with Crippen LogP contribution in [-0.4, -0.2) is 28.9 Å². The Kier molecular flexibility index (Phi) is 5.96. The number of likely N-dealkylation sites (tertiary alicyclic amines) is 1. The van der Waals surface area contributed by atoms with Crippen molar-refractivity contribution < 1.29 is 4.79 Å². The zero-order valence-electron chi connectivity index (χ0n) is 17.8. The molecule has 4 rings (SSSR count). The van der Waals surface area contributed by atoms with Gasteiger partial charge in [-0.05, 0) is 49.6 Å². The molecule has 1 aromatic heterocycles. The maximum atomic E-state index is 13.0. The summed E-state index contributed by atoms with van der Waals surface area (Å²) >= 11 is 0. The van der Waals surface area contributed by atoms with Crippen LogP contribution in [0.4, 0.5) is 5.69 Å². The van der Waals surface area contributed by atoms with E-state index >= 15 is 0 Å². The molecule has 0 spiro atoms. The Balaban J connectivity index is 1.68. The molecule has 1 fully saturated rings. The summed E-state index contributed by atoms with van der Waals surface area (Å²) in [5, 5.41) is 0. The summed E-state index contributed by atoms with van der Waals surface area (Å²) in [4.78, 5) is 22.3. The largest absolute Gasteiger partial charge is 0.301 e. The van der Waals surface area contributed by atoms with Crippen LogP contribution in [-0.2, 0) is 16.9 Å². The van der Waals surface area contributed by atoms with Crippen molar-refractivity contribution in [1.29, 1.82) is 0 Å². The summed E-state index contributed by atoms with van der Waals surface area (Å²) in [7, 11) is 0. The Bertz CT molecular complexity index is 979. The molecular formula is C26H29N3O. The topological polar surface area (TPSA) is 36.4 Å². The lowest BCUT2D eigenvalue weighted by molar-refractivity contribution is -0.118. The number of benzene rings is 2. The lowest BCUT2D eigenvalue weighted by atomic mass is 9.81. The predicted octanol–water partition coefficient (Wildman–Crippen LogP) is 4.93. The molecule has 0 atom stereocenters. The molecule has 1 amide bonds. The first-order valence-electron chi connectivity index (χ1n) is 10.6. The van der Waals surface area contributed by atoms with Crippen molar-refractivity contribution in [3.8, 4) is 0 Å². The molecule has 2 aromatic carbocycles. The van der Waals surface area contributed by atoms with Crippen LogP contribution in [0.15, 0.2) is 78.9 Å². The number of carbonyl (C=O) groups excluding carboxylic acids is 1. The average molecular weight is 400 g/mol. The molecule has 4 heteroatoms. The molecule has 1 aliphatic heterocycles. The molecule has 2 heterocycles. The van der Waals surface area contributed by atoms with Crippen molar-refractivity contribution in [2.24, 2.45) is 0 Å². The highest BCUT2D eigenvalue weighted by Gasteiger charge is 2.44. The smallest absolute Gasteiger partial charge is 0.224 e. The van der Waals surface area contributed by atoms with E-state index in [2.05, 4.69) is 47.4 Å². The van der Waals surface area contributed by atoms with E-state index in [-0.39, 0.29) is 5.91 Å². The molecule has 154 valence electrons. The van der Waals surface area contributed by atoms with E-state index < -0.39 is 5.54 Å². The highest BCUT2D eigenvalue weighted by molar-refractivity contribution is 5.93. The van der Waals surface area contributed by atoms with Crippen LogP contribution < -0.4 is 4.90 Å². The van der Waals surface area contributed by atoms with E-state index in [0.717, 1.165) is 49.6 Å². The summed E-state index contributed by atoms with van der Waals surface area (Å²) in [6.07, 6.45) is 1.70. The van der Waals surface area contributed by atoms with Gasteiger partial charge < -0.3 is 4.90 Å². The zero-order chi connectivity index (χ0) is 21.0. The van der Waals surface area contributed by atoms with Crippen LogP contribution in [0.25, 0.3) is 0 Å². The van der Waals surface area contributed by atoms with Gasteiger partial charge in [-0.3, -0.25) is 14.7 Å². The van der Waals surface area contributed by atoms with Gasteiger partial charge in [-0.1, -0.05) is 54.6 Å². The molecular weight excluding hydrogens is 370 g/mol. The first-order chi connectivity index (χ1) is 14.6. The van der Waals surface area contributed by atoms with Gasteiger partial charge in [0.15, 0.2) is 0 Å². The lowest BCUT2D eigenvalue weighted by Crippen LogP contribution is -2.55. The lowest BCUT2D eigenvalue weighted by Gasteiger charge is -2.48. The third-order valence-electron chi connectivity index (χ3n) is 6.05.